The lowest BCUT2D eigenvalue weighted by atomic mass is 10.0. The van der Waals surface area contributed by atoms with Crippen LogP contribution in [0.1, 0.15) is 29.8 Å². The molecular formula is C15H23N5O2. The fourth-order valence-electron chi connectivity index (χ4n) is 3.29. The molecule has 1 unspecified atom stereocenters. The molecule has 7 heteroatoms. The quantitative estimate of drug-likeness (QED) is 0.843. The maximum Gasteiger partial charge on any atom is 0.271 e. The van der Waals surface area contributed by atoms with Gasteiger partial charge in [0.2, 0.25) is 5.91 Å². The number of rotatable bonds is 3. The van der Waals surface area contributed by atoms with Gasteiger partial charge in [-0.2, -0.15) is 0 Å². The van der Waals surface area contributed by atoms with Crippen LogP contribution < -0.4 is 5.32 Å². The Balaban J connectivity index is 1.50. The van der Waals surface area contributed by atoms with Crippen molar-refractivity contribution >= 4 is 11.8 Å². The molecule has 3 rings (SSSR count). The Labute approximate surface area is 130 Å². The Morgan fingerprint density at radius 1 is 1.23 bits per heavy atom. The molecule has 120 valence electrons. The summed E-state index contributed by atoms with van der Waals surface area (Å²) >= 11 is 0. The maximum absolute atomic E-state index is 12.1. The number of nitrogens with zero attached hydrogens (tertiary/aromatic N) is 4. The first-order valence-electron chi connectivity index (χ1n) is 7.82. The number of aromatic nitrogens is 2. The van der Waals surface area contributed by atoms with Gasteiger partial charge in [-0.15, -0.1) is 0 Å². The molecule has 1 atom stereocenters. The Morgan fingerprint density at radius 3 is 2.50 bits per heavy atom. The summed E-state index contributed by atoms with van der Waals surface area (Å²) in [5.41, 5.74) is 0.456. The van der Waals surface area contributed by atoms with Gasteiger partial charge in [-0.25, -0.2) is 4.98 Å². The summed E-state index contributed by atoms with van der Waals surface area (Å²) in [5.74, 6) is 0.117. The molecule has 2 fully saturated rings. The number of hydrogen-bond donors (Lipinski definition) is 1. The monoisotopic (exact) mass is 305 g/mol. The van der Waals surface area contributed by atoms with Gasteiger partial charge >= 0.3 is 0 Å². The Morgan fingerprint density at radius 2 is 1.95 bits per heavy atom. The van der Waals surface area contributed by atoms with Crippen LogP contribution in [0.3, 0.4) is 0 Å². The first-order valence-corrected chi connectivity index (χ1v) is 7.82. The molecule has 1 aromatic rings. The molecule has 0 saturated carbocycles. The van der Waals surface area contributed by atoms with Crippen LogP contribution in [0, 0.1) is 0 Å². The van der Waals surface area contributed by atoms with Crippen molar-refractivity contribution in [3.8, 4) is 0 Å². The Hall–Kier alpha value is -1.89. The highest BCUT2D eigenvalue weighted by Crippen LogP contribution is 2.20. The maximum atomic E-state index is 12.1. The summed E-state index contributed by atoms with van der Waals surface area (Å²) in [4.78, 5) is 32.3. The molecule has 0 radical (unpaired) electrons. The zero-order chi connectivity index (χ0) is 15.7. The van der Waals surface area contributed by atoms with Crippen LogP contribution >= 0.6 is 0 Å². The lowest BCUT2D eigenvalue weighted by molar-refractivity contribution is -0.131. The lowest BCUT2D eigenvalue weighted by Gasteiger charge is -2.35. The van der Waals surface area contributed by atoms with Crippen LogP contribution in [0.5, 0.6) is 0 Å². The van der Waals surface area contributed by atoms with Gasteiger partial charge in [0.1, 0.15) is 5.69 Å². The normalized spacial score (nSPS) is 24.0. The van der Waals surface area contributed by atoms with Crippen molar-refractivity contribution in [3.63, 3.8) is 0 Å². The third-order valence-electron chi connectivity index (χ3n) is 4.64. The number of amides is 2. The van der Waals surface area contributed by atoms with Gasteiger partial charge in [-0.05, 0) is 19.3 Å². The van der Waals surface area contributed by atoms with Gasteiger partial charge in [-0.3, -0.25) is 14.5 Å². The number of carbonyl (C=O) groups is 2. The predicted octanol–water partition coefficient (Wildman–Crippen LogP) is -0.155. The van der Waals surface area contributed by atoms with Crippen molar-refractivity contribution in [2.75, 3.05) is 26.7 Å². The average Bonchev–Trinajstić information content (AvgIpc) is 3.08. The van der Waals surface area contributed by atoms with E-state index >= 15 is 0 Å². The first-order chi connectivity index (χ1) is 10.5. The molecule has 7 nitrogen and oxygen atoms in total. The second-order valence-electron chi connectivity index (χ2n) is 6.27. The fraction of sp³-hybridized carbons (Fsp3) is 0.667. The van der Waals surface area contributed by atoms with Crippen molar-refractivity contribution in [1.29, 1.82) is 0 Å². The number of likely N-dealkylation sites (N-methyl/N-ethyl adjacent to an activating group) is 1. The van der Waals surface area contributed by atoms with Crippen LogP contribution in [0.15, 0.2) is 12.5 Å². The molecule has 2 aliphatic rings. The molecular weight excluding hydrogens is 282 g/mol. The van der Waals surface area contributed by atoms with Gasteiger partial charge in [0, 0.05) is 46.0 Å². The minimum absolute atomic E-state index is 0.0393. The fourth-order valence-corrected chi connectivity index (χ4v) is 3.29. The summed E-state index contributed by atoms with van der Waals surface area (Å²) in [6, 6.07) is 0.206. The van der Waals surface area contributed by atoms with Crippen molar-refractivity contribution < 1.29 is 9.59 Å². The van der Waals surface area contributed by atoms with Crippen molar-refractivity contribution in [2.45, 2.75) is 31.3 Å². The summed E-state index contributed by atoms with van der Waals surface area (Å²) in [7, 11) is 3.71. The van der Waals surface area contributed by atoms with Gasteiger partial charge in [0.05, 0.1) is 12.4 Å². The highest BCUT2D eigenvalue weighted by Gasteiger charge is 2.35. The van der Waals surface area contributed by atoms with Crippen LogP contribution in [-0.2, 0) is 11.8 Å². The minimum atomic E-state index is -0.115. The van der Waals surface area contributed by atoms with Gasteiger partial charge in [0.25, 0.3) is 5.91 Å². The van der Waals surface area contributed by atoms with Crippen LogP contribution in [0.4, 0.5) is 0 Å². The zero-order valence-corrected chi connectivity index (χ0v) is 13.2. The molecule has 22 heavy (non-hydrogen) atoms. The van der Waals surface area contributed by atoms with Crippen LogP contribution in [-0.4, -0.2) is 69.9 Å². The smallest absolute Gasteiger partial charge is 0.271 e. The summed E-state index contributed by atoms with van der Waals surface area (Å²) in [6.07, 6.45) is 6.02. The third-order valence-corrected chi connectivity index (χ3v) is 4.64. The molecule has 1 aromatic heterocycles. The highest BCUT2D eigenvalue weighted by atomic mass is 16.2. The van der Waals surface area contributed by atoms with Crippen LogP contribution in [0.25, 0.3) is 0 Å². The number of carbonyl (C=O) groups excluding carboxylic acids is 2. The Bertz CT molecular complexity index is 562. The second-order valence-corrected chi connectivity index (χ2v) is 6.27. The number of piperidine rings is 1. The van der Waals surface area contributed by atoms with Gasteiger partial charge in [0.15, 0.2) is 0 Å². The van der Waals surface area contributed by atoms with Crippen molar-refractivity contribution in [1.82, 2.24) is 24.7 Å². The van der Waals surface area contributed by atoms with E-state index in [0.29, 0.717) is 5.69 Å². The number of imidazole rings is 1. The molecule has 2 amide bonds. The zero-order valence-electron chi connectivity index (χ0n) is 13.2. The number of aryl methyl sites for hydroxylation is 1. The second kappa shape index (κ2) is 6.08. The van der Waals surface area contributed by atoms with E-state index in [2.05, 4.69) is 15.2 Å². The third kappa shape index (κ3) is 2.99. The number of hydrogen-bond acceptors (Lipinski definition) is 4. The van der Waals surface area contributed by atoms with Gasteiger partial charge < -0.3 is 14.8 Å². The molecule has 1 N–H and O–H groups in total. The predicted molar refractivity (Wildman–Crippen MR) is 81.3 cm³/mol. The van der Waals surface area contributed by atoms with Crippen molar-refractivity contribution in [2.24, 2.45) is 7.05 Å². The lowest BCUT2D eigenvalue weighted by Crippen LogP contribution is -2.50. The minimum Gasteiger partial charge on any atom is -0.348 e. The van der Waals surface area contributed by atoms with E-state index in [4.69, 9.17) is 0 Å². The molecule has 0 bridgehead atoms. The van der Waals surface area contributed by atoms with E-state index in [-0.39, 0.29) is 23.9 Å². The van der Waals surface area contributed by atoms with E-state index in [1.54, 1.807) is 22.0 Å². The van der Waals surface area contributed by atoms with E-state index in [1.807, 2.05) is 14.1 Å². The number of nitrogens with one attached hydrogen (secondary N) is 1. The first kappa shape index (κ1) is 15.0. The highest BCUT2D eigenvalue weighted by molar-refractivity contribution is 5.92. The summed E-state index contributed by atoms with van der Waals surface area (Å²) in [5, 5.41) is 3.04. The standard InChI is InChI=1S/C15H23N5O2/c1-18-9-12(16-10-18)14(21)17-11-3-7-20(8-4-11)13-5-6-19(2)15(13)22/h9-11,13H,3-8H2,1-2H3,(H,17,21). The molecule has 0 aliphatic carbocycles. The average molecular weight is 305 g/mol. The summed E-state index contributed by atoms with van der Waals surface area (Å²) < 4.78 is 1.76. The van der Waals surface area contributed by atoms with E-state index in [9.17, 15) is 9.59 Å². The molecule has 0 aromatic carbocycles. The topological polar surface area (TPSA) is 70.5 Å². The number of likely N-dealkylation sites (tertiary alicyclic amines) is 2. The molecule has 3 heterocycles. The summed E-state index contributed by atoms with van der Waals surface area (Å²) in [6.45, 7) is 2.56. The Kier molecular flexibility index (Phi) is 4.15. The van der Waals surface area contributed by atoms with Gasteiger partial charge in [-0.1, -0.05) is 0 Å². The van der Waals surface area contributed by atoms with Crippen molar-refractivity contribution in [3.05, 3.63) is 18.2 Å². The SMILES string of the molecule is CN1CCC(N2CCC(NC(=O)c3cn(C)cn3)CC2)C1=O. The largest absolute Gasteiger partial charge is 0.348 e. The van der Waals surface area contributed by atoms with E-state index < -0.39 is 0 Å². The molecule has 2 aliphatic heterocycles. The van der Waals surface area contributed by atoms with E-state index in [1.165, 1.54) is 0 Å². The van der Waals surface area contributed by atoms with E-state index in [0.717, 1.165) is 38.9 Å². The molecule has 2 saturated heterocycles. The molecule has 0 spiro atoms. The van der Waals surface area contributed by atoms with Crippen LogP contribution in [0.2, 0.25) is 0 Å².